The number of piperidine rings is 1. The smallest absolute Gasteiger partial charge is 0.255 e. The topological polar surface area (TPSA) is 65.5 Å². The lowest BCUT2D eigenvalue weighted by molar-refractivity contribution is 0.0802. The molecule has 1 fully saturated rings. The number of hydrogen-bond donors (Lipinski definition) is 2. The largest absolute Gasteiger partial charge is 0.508 e. The zero-order valence-electron chi connectivity index (χ0n) is 16.2. The number of phenolic OH excluding ortho intramolecular Hbond substituents is 1. The van der Waals surface area contributed by atoms with Gasteiger partial charge < -0.3 is 15.3 Å². The number of hydrogen-bond acceptors (Lipinski definition) is 4. The summed E-state index contributed by atoms with van der Waals surface area (Å²) in [4.78, 5) is 18.3. The van der Waals surface area contributed by atoms with Gasteiger partial charge in [0.1, 0.15) is 5.75 Å². The van der Waals surface area contributed by atoms with Crippen LogP contribution in [-0.2, 0) is 6.42 Å². The zero-order valence-corrected chi connectivity index (χ0v) is 16.2. The lowest BCUT2D eigenvalue weighted by Gasteiger charge is -2.23. The molecule has 1 saturated heterocycles. The average molecular weight is 367 g/mol. The van der Waals surface area contributed by atoms with Crippen molar-refractivity contribution in [2.45, 2.75) is 45.1 Å². The van der Waals surface area contributed by atoms with Crippen molar-refractivity contribution >= 4 is 5.91 Å². The van der Waals surface area contributed by atoms with Gasteiger partial charge in [0.25, 0.3) is 5.91 Å². The number of nitrogens with one attached hydrogen (secondary N) is 1. The summed E-state index contributed by atoms with van der Waals surface area (Å²) in [5.41, 5.74) is 3.33. The number of rotatable bonds is 6. The quantitative estimate of drug-likeness (QED) is 0.818. The maximum Gasteiger partial charge on any atom is 0.255 e. The third-order valence-electron chi connectivity index (χ3n) is 5.30. The molecule has 0 bridgehead atoms. The molecule has 1 aromatic carbocycles. The number of pyridine rings is 1. The van der Waals surface area contributed by atoms with E-state index in [-0.39, 0.29) is 11.7 Å². The fourth-order valence-corrected chi connectivity index (χ4v) is 3.53. The molecule has 3 rings (SSSR count). The Morgan fingerprint density at radius 1 is 1.30 bits per heavy atom. The van der Waals surface area contributed by atoms with Crippen LogP contribution in [0, 0.1) is 0 Å². The molecule has 1 atom stereocenters. The van der Waals surface area contributed by atoms with Gasteiger partial charge in [0.15, 0.2) is 0 Å². The van der Waals surface area contributed by atoms with E-state index in [4.69, 9.17) is 0 Å². The van der Waals surface area contributed by atoms with Gasteiger partial charge >= 0.3 is 0 Å². The molecule has 5 nitrogen and oxygen atoms in total. The number of aromatic hydroxyl groups is 1. The highest BCUT2D eigenvalue weighted by Gasteiger charge is 2.14. The zero-order chi connectivity index (χ0) is 19.2. The van der Waals surface area contributed by atoms with Crippen molar-refractivity contribution < 1.29 is 9.90 Å². The Labute approximate surface area is 161 Å². The summed E-state index contributed by atoms with van der Waals surface area (Å²) in [6, 6.07) is 9.86. The second kappa shape index (κ2) is 9.00. The van der Waals surface area contributed by atoms with Crippen molar-refractivity contribution in [3.05, 3.63) is 47.7 Å². The molecule has 0 saturated carbocycles. The van der Waals surface area contributed by atoms with Crippen molar-refractivity contribution in [3.63, 3.8) is 0 Å². The minimum atomic E-state index is -0.0341. The summed E-state index contributed by atoms with van der Waals surface area (Å²) in [7, 11) is 1.78. The monoisotopic (exact) mass is 367 g/mol. The summed E-state index contributed by atoms with van der Waals surface area (Å²) in [5.74, 6) is 0.222. The highest BCUT2D eigenvalue weighted by atomic mass is 16.3. The first-order chi connectivity index (χ1) is 13.1. The Morgan fingerprint density at radius 3 is 2.81 bits per heavy atom. The van der Waals surface area contributed by atoms with E-state index in [0.717, 1.165) is 36.2 Å². The first kappa shape index (κ1) is 19.4. The van der Waals surface area contributed by atoms with E-state index in [1.165, 1.54) is 19.3 Å². The maximum absolute atomic E-state index is 12.2. The van der Waals surface area contributed by atoms with Crippen molar-refractivity contribution in [1.29, 1.82) is 0 Å². The summed E-state index contributed by atoms with van der Waals surface area (Å²) < 4.78 is 0. The summed E-state index contributed by atoms with van der Waals surface area (Å²) in [6.07, 6.45) is 7.41. The van der Waals surface area contributed by atoms with Gasteiger partial charge in [-0.15, -0.1) is 0 Å². The number of phenols is 1. The summed E-state index contributed by atoms with van der Waals surface area (Å²) in [5, 5.41) is 13.7. The highest BCUT2D eigenvalue weighted by molar-refractivity contribution is 5.94. The average Bonchev–Trinajstić information content (AvgIpc) is 2.71. The van der Waals surface area contributed by atoms with Gasteiger partial charge in [-0.3, -0.25) is 9.78 Å². The van der Waals surface area contributed by atoms with Gasteiger partial charge in [-0.2, -0.15) is 0 Å². The van der Waals surface area contributed by atoms with E-state index < -0.39 is 0 Å². The fraction of sp³-hybridized carbons (Fsp3) is 0.455. The van der Waals surface area contributed by atoms with Gasteiger partial charge in [0.05, 0.1) is 11.3 Å². The molecule has 2 N–H and O–H groups in total. The minimum Gasteiger partial charge on any atom is -0.508 e. The van der Waals surface area contributed by atoms with Crippen molar-refractivity contribution in [3.8, 4) is 17.0 Å². The normalized spacial score (nSPS) is 16.9. The minimum absolute atomic E-state index is 0.0341. The van der Waals surface area contributed by atoms with Gasteiger partial charge in [0, 0.05) is 31.4 Å². The number of nitrogens with zero attached hydrogens (tertiary/aromatic N) is 2. The molecule has 2 aromatic rings. The molecule has 0 spiro atoms. The Balaban J connectivity index is 1.72. The van der Waals surface area contributed by atoms with E-state index in [2.05, 4.69) is 16.4 Å². The van der Waals surface area contributed by atoms with Crippen LogP contribution in [0.1, 0.15) is 48.5 Å². The predicted octanol–water partition coefficient (Wildman–Crippen LogP) is 3.62. The second-order valence-corrected chi connectivity index (χ2v) is 7.33. The van der Waals surface area contributed by atoms with Gasteiger partial charge in [-0.25, -0.2) is 0 Å². The third-order valence-corrected chi connectivity index (χ3v) is 5.30. The number of aromatic nitrogens is 1. The van der Waals surface area contributed by atoms with Gasteiger partial charge in [0.2, 0.25) is 0 Å². The van der Waals surface area contributed by atoms with Crippen molar-refractivity contribution in [2.75, 3.05) is 20.1 Å². The summed E-state index contributed by atoms with van der Waals surface area (Å²) >= 11 is 0. The van der Waals surface area contributed by atoms with Crippen molar-refractivity contribution in [1.82, 2.24) is 15.2 Å². The number of aryl methyl sites for hydroxylation is 1. The number of carbonyl (C=O) groups excluding carboxylic acids is 1. The Hall–Kier alpha value is -2.40. The van der Waals surface area contributed by atoms with Gasteiger partial charge in [-0.1, -0.05) is 6.42 Å². The molecule has 0 radical (unpaired) electrons. The standard InChI is InChI=1S/C22H29N3O2/c1-3-25(2)22(27)17-8-10-21(24-15-17)18-12-16(13-20(26)14-18)7-9-19-6-4-5-11-23-19/h8,10,12-15,19,23,26H,3-7,9,11H2,1-2H3/t19-/m1/s1. The van der Waals surface area contributed by atoms with Crippen LogP contribution < -0.4 is 5.32 Å². The maximum atomic E-state index is 12.2. The van der Waals surface area contributed by atoms with E-state index in [1.807, 2.05) is 19.1 Å². The van der Waals surface area contributed by atoms with Crippen LogP contribution in [0.25, 0.3) is 11.3 Å². The van der Waals surface area contributed by atoms with Crippen LogP contribution in [0.15, 0.2) is 36.5 Å². The van der Waals surface area contributed by atoms with E-state index in [1.54, 1.807) is 30.3 Å². The Kier molecular flexibility index (Phi) is 6.45. The number of benzene rings is 1. The molecule has 1 aliphatic heterocycles. The predicted molar refractivity (Wildman–Crippen MR) is 108 cm³/mol. The molecule has 1 aromatic heterocycles. The SMILES string of the molecule is CCN(C)C(=O)c1ccc(-c2cc(O)cc(CC[C@H]3CCCCN3)c2)nc1. The molecule has 2 heterocycles. The molecule has 0 unspecified atom stereocenters. The molecule has 1 aliphatic rings. The molecule has 27 heavy (non-hydrogen) atoms. The van der Waals surface area contributed by atoms with E-state index >= 15 is 0 Å². The molecular weight excluding hydrogens is 338 g/mol. The lowest BCUT2D eigenvalue weighted by atomic mass is 9.96. The Bertz CT molecular complexity index is 768. The molecule has 144 valence electrons. The van der Waals surface area contributed by atoms with Crippen LogP contribution in [-0.4, -0.2) is 47.1 Å². The van der Waals surface area contributed by atoms with Crippen LogP contribution in [0.5, 0.6) is 5.75 Å². The second-order valence-electron chi connectivity index (χ2n) is 7.33. The lowest BCUT2D eigenvalue weighted by Crippen LogP contribution is -2.34. The molecule has 0 aliphatic carbocycles. The fourth-order valence-electron chi connectivity index (χ4n) is 3.53. The summed E-state index contributed by atoms with van der Waals surface area (Å²) in [6.45, 7) is 3.71. The molecular formula is C22H29N3O2. The molecule has 1 amide bonds. The third kappa shape index (κ3) is 5.07. The first-order valence-electron chi connectivity index (χ1n) is 9.85. The van der Waals surface area contributed by atoms with E-state index in [0.29, 0.717) is 18.2 Å². The van der Waals surface area contributed by atoms with E-state index in [9.17, 15) is 9.90 Å². The first-order valence-corrected chi connectivity index (χ1v) is 9.85. The molecule has 5 heteroatoms. The van der Waals surface area contributed by atoms with Crippen LogP contribution in [0.2, 0.25) is 0 Å². The van der Waals surface area contributed by atoms with Crippen LogP contribution >= 0.6 is 0 Å². The Morgan fingerprint density at radius 2 is 2.15 bits per heavy atom. The number of amides is 1. The van der Waals surface area contributed by atoms with Crippen molar-refractivity contribution in [2.24, 2.45) is 0 Å². The van der Waals surface area contributed by atoms with Crippen LogP contribution in [0.3, 0.4) is 0 Å². The van der Waals surface area contributed by atoms with Crippen LogP contribution in [0.4, 0.5) is 0 Å². The number of carbonyl (C=O) groups is 1. The van der Waals surface area contributed by atoms with Gasteiger partial charge in [-0.05, 0) is 75.0 Å². The highest BCUT2D eigenvalue weighted by Crippen LogP contribution is 2.26.